The fraction of sp³-hybridized carbons (Fsp3) is 0.364. The van der Waals surface area contributed by atoms with Crippen LogP contribution in [0.15, 0.2) is 12.1 Å². The van der Waals surface area contributed by atoms with Gasteiger partial charge in [0.05, 0.1) is 18.2 Å². The summed E-state index contributed by atoms with van der Waals surface area (Å²) in [6.07, 6.45) is 0. The normalized spacial score (nSPS) is 19.2. The summed E-state index contributed by atoms with van der Waals surface area (Å²) in [4.78, 5) is 11.1. The highest BCUT2D eigenvalue weighted by atomic mass is 35.5. The molecule has 0 aromatic heterocycles. The summed E-state index contributed by atoms with van der Waals surface area (Å²) in [6.45, 7) is 2.56. The van der Waals surface area contributed by atoms with Crippen molar-refractivity contribution < 1.29 is 9.53 Å². The summed E-state index contributed by atoms with van der Waals surface area (Å²) in [5, 5.41) is 6.10. The number of rotatable bonds is 2. The Morgan fingerprint density at radius 1 is 1.50 bits per heavy atom. The molecule has 0 spiro atoms. The Morgan fingerprint density at radius 2 is 2.25 bits per heavy atom. The van der Waals surface area contributed by atoms with Gasteiger partial charge >= 0.3 is 6.03 Å². The third kappa shape index (κ3) is 1.93. The molecule has 1 aliphatic rings. The molecule has 1 aliphatic heterocycles. The van der Waals surface area contributed by atoms with Crippen LogP contribution in [0.25, 0.3) is 0 Å². The van der Waals surface area contributed by atoms with Crippen molar-refractivity contribution in [2.75, 3.05) is 13.7 Å². The maximum Gasteiger partial charge on any atom is 0.315 e. The van der Waals surface area contributed by atoms with E-state index < -0.39 is 0 Å². The maximum atomic E-state index is 11.1. The molecular formula is C11H13ClN2O2. The fourth-order valence-corrected chi connectivity index (χ4v) is 2.09. The Balaban J connectivity index is 2.34. The van der Waals surface area contributed by atoms with E-state index in [9.17, 15) is 4.79 Å². The van der Waals surface area contributed by atoms with E-state index in [0.717, 1.165) is 11.1 Å². The summed E-state index contributed by atoms with van der Waals surface area (Å²) < 4.78 is 5.13. The van der Waals surface area contributed by atoms with E-state index in [1.807, 2.05) is 19.1 Å². The monoisotopic (exact) mass is 240 g/mol. The lowest BCUT2D eigenvalue weighted by Gasteiger charge is -2.14. The minimum atomic E-state index is -0.142. The van der Waals surface area contributed by atoms with Crippen LogP contribution in [-0.4, -0.2) is 19.7 Å². The van der Waals surface area contributed by atoms with Crippen molar-refractivity contribution >= 4 is 17.6 Å². The van der Waals surface area contributed by atoms with Gasteiger partial charge in [0.15, 0.2) is 0 Å². The highest BCUT2D eigenvalue weighted by Crippen LogP contribution is 2.31. The van der Waals surface area contributed by atoms with Crippen molar-refractivity contribution in [2.45, 2.75) is 13.0 Å². The van der Waals surface area contributed by atoms with Gasteiger partial charge in [-0.1, -0.05) is 11.6 Å². The van der Waals surface area contributed by atoms with Crippen LogP contribution < -0.4 is 15.4 Å². The number of nitrogens with one attached hydrogen (secondary N) is 2. The molecule has 1 unspecified atom stereocenters. The molecule has 1 aromatic rings. The number of carbonyl (C=O) groups excluding carboxylic acids is 1. The lowest BCUT2D eigenvalue weighted by molar-refractivity contribution is 0.247. The average molecular weight is 241 g/mol. The van der Waals surface area contributed by atoms with E-state index in [0.29, 0.717) is 17.3 Å². The molecule has 0 saturated carbocycles. The molecule has 2 rings (SSSR count). The van der Waals surface area contributed by atoms with E-state index in [4.69, 9.17) is 16.3 Å². The number of methoxy groups -OCH3 is 1. The minimum Gasteiger partial charge on any atom is -0.495 e. The van der Waals surface area contributed by atoms with E-state index in [1.165, 1.54) is 0 Å². The first-order valence-electron chi connectivity index (χ1n) is 5.00. The molecule has 1 saturated heterocycles. The van der Waals surface area contributed by atoms with Gasteiger partial charge in [-0.15, -0.1) is 0 Å². The number of carbonyl (C=O) groups is 1. The lowest BCUT2D eigenvalue weighted by atomic mass is 10.0. The summed E-state index contributed by atoms with van der Waals surface area (Å²) in [5.41, 5.74) is 2.07. The van der Waals surface area contributed by atoms with Gasteiger partial charge in [-0.25, -0.2) is 4.79 Å². The predicted octanol–water partition coefficient (Wildman–Crippen LogP) is 2.01. The smallest absolute Gasteiger partial charge is 0.315 e. The Hall–Kier alpha value is -1.42. The molecule has 5 heteroatoms. The molecule has 0 aliphatic carbocycles. The Kier molecular flexibility index (Phi) is 2.92. The van der Waals surface area contributed by atoms with E-state index in [2.05, 4.69) is 10.6 Å². The molecule has 16 heavy (non-hydrogen) atoms. The first-order valence-corrected chi connectivity index (χ1v) is 5.38. The second-order valence-corrected chi connectivity index (χ2v) is 4.16. The summed E-state index contributed by atoms with van der Waals surface area (Å²) in [6, 6.07) is 3.56. The van der Waals surface area contributed by atoms with Gasteiger partial charge in [-0.2, -0.15) is 0 Å². The number of hydrogen-bond donors (Lipinski definition) is 2. The highest BCUT2D eigenvalue weighted by Gasteiger charge is 2.23. The van der Waals surface area contributed by atoms with Crippen molar-refractivity contribution in [1.82, 2.24) is 10.6 Å². The Morgan fingerprint density at radius 3 is 2.81 bits per heavy atom. The molecule has 2 amide bonds. The van der Waals surface area contributed by atoms with E-state index in [1.54, 1.807) is 7.11 Å². The Labute approximate surface area is 98.9 Å². The molecule has 86 valence electrons. The molecule has 1 atom stereocenters. The quantitative estimate of drug-likeness (QED) is 0.831. The molecule has 1 heterocycles. The second-order valence-electron chi connectivity index (χ2n) is 3.75. The lowest BCUT2D eigenvalue weighted by Crippen LogP contribution is -2.22. The van der Waals surface area contributed by atoms with Crippen LogP contribution in [0, 0.1) is 6.92 Å². The maximum absolute atomic E-state index is 11.1. The summed E-state index contributed by atoms with van der Waals surface area (Å²) >= 11 is 6.06. The third-order valence-electron chi connectivity index (χ3n) is 2.69. The van der Waals surface area contributed by atoms with Gasteiger partial charge in [0.1, 0.15) is 5.75 Å². The molecule has 1 aromatic carbocycles. The van der Waals surface area contributed by atoms with Crippen LogP contribution in [0.3, 0.4) is 0 Å². The van der Waals surface area contributed by atoms with Crippen molar-refractivity contribution in [3.63, 3.8) is 0 Å². The third-order valence-corrected chi connectivity index (χ3v) is 2.98. The van der Waals surface area contributed by atoms with Crippen LogP contribution in [0.4, 0.5) is 4.79 Å². The SMILES string of the molecule is COc1cc(C)c(C2CNC(=O)N2)cc1Cl. The molecule has 0 radical (unpaired) electrons. The minimum absolute atomic E-state index is 0.0177. The standard InChI is InChI=1S/C11H13ClN2O2/c1-6-3-10(16-2)8(12)4-7(6)9-5-13-11(15)14-9/h3-4,9H,5H2,1-2H3,(H2,13,14,15). The zero-order chi connectivity index (χ0) is 11.7. The van der Waals surface area contributed by atoms with Crippen LogP contribution >= 0.6 is 11.6 Å². The molecule has 0 bridgehead atoms. The van der Waals surface area contributed by atoms with Gasteiger partial charge in [0.25, 0.3) is 0 Å². The fourth-order valence-electron chi connectivity index (χ4n) is 1.85. The van der Waals surface area contributed by atoms with Crippen LogP contribution in [0.5, 0.6) is 5.75 Å². The van der Waals surface area contributed by atoms with Crippen molar-refractivity contribution in [3.8, 4) is 5.75 Å². The summed E-state index contributed by atoms with van der Waals surface area (Å²) in [5.74, 6) is 0.653. The first-order chi connectivity index (χ1) is 7.61. The predicted molar refractivity (Wildman–Crippen MR) is 62.0 cm³/mol. The van der Waals surface area contributed by atoms with E-state index in [-0.39, 0.29) is 12.1 Å². The van der Waals surface area contributed by atoms with Gasteiger partial charge < -0.3 is 15.4 Å². The van der Waals surface area contributed by atoms with Gasteiger partial charge in [0.2, 0.25) is 0 Å². The van der Waals surface area contributed by atoms with Crippen LogP contribution in [0.2, 0.25) is 5.02 Å². The average Bonchev–Trinajstić information content (AvgIpc) is 2.67. The number of hydrogen-bond acceptors (Lipinski definition) is 2. The first kappa shape index (κ1) is 11.1. The molecule has 2 N–H and O–H groups in total. The topological polar surface area (TPSA) is 50.4 Å². The van der Waals surface area contributed by atoms with Gasteiger partial charge in [-0.05, 0) is 30.2 Å². The number of aryl methyl sites for hydroxylation is 1. The number of urea groups is 1. The largest absolute Gasteiger partial charge is 0.495 e. The number of amides is 2. The molecule has 1 fully saturated rings. The number of ether oxygens (including phenoxy) is 1. The zero-order valence-electron chi connectivity index (χ0n) is 9.13. The van der Waals surface area contributed by atoms with E-state index >= 15 is 0 Å². The number of halogens is 1. The van der Waals surface area contributed by atoms with Crippen molar-refractivity contribution in [2.24, 2.45) is 0 Å². The van der Waals surface area contributed by atoms with Gasteiger partial charge in [-0.3, -0.25) is 0 Å². The second kappa shape index (κ2) is 4.22. The molecule has 4 nitrogen and oxygen atoms in total. The van der Waals surface area contributed by atoms with Crippen LogP contribution in [0.1, 0.15) is 17.2 Å². The van der Waals surface area contributed by atoms with Crippen LogP contribution in [-0.2, 0) is 0 Å². The number of benzene rings is 1. The van der Waals surface area contributed by atoms with Crippen molar-refractivity contribution in [3.05, 3.63) is 28.3 Å². The molecular weight excluding hydrogens is 228 g/mol. The zero-order valence-corrected chi connectivity index (χ0v) is 9.89. The van der Waals surface area contributed by atoms with Gasteiger partial charge in [0, 0.05) is 6.54 Å². The summed E-state index contributed by atoms with van der Waals surface area (Å²) in [7, 11) is 1.58. The highest BCUT2D eigenvalue weighted by molar-refractivity contribution is 6.32. The van der Waals surface area contributed by atoms with Crippen molar-refractivity contribution in [1.29, 1.82) is 0 Å². The Bertz CT molecular complexity index is 434.